The summed E-state index contributed by atoms with van der Waals surface area (Å²) in [5.41, 5.74) is 8.66. The Bertz CT molecular complexity index is 1000. The van der Waals surface area contributed by atoms with E-state index in [9.17, 15) is 9.59 Å². The van der Waals surface area contributed by atoms with Crippen molar-refractivity contribution in [3.05, 3.63) is 54.1 Å². The van der Waals surface area contributed by atoms with E-state index >= 15 is 0 Å². The molecule has 0 radical (unpaired) electrons. The molecule has 2 fully saturated rings. The molecule has 168 valence electrons. The van der Waals surface area contributed by atoms with Gasteiger partial charge in [-0.05, 0) is 44.2 Å². The van der Waals surface area contributed by atoms with E-state index in [-0.39, 0.29) is 23.3 Å². The van der Waals surface area contributed by atoms with Gasteiger partial charge >= 0.3 is 0 Å². The zero-order chi connectivity index (χ0) is 22.5. The van der Waals surface area contributed by atoms with Crippen molar-refractivity contribution in [2.45, 2.75) is 50.1 Å². The Morgan fingerprint density at radius 2 is 1.91 bits per heavy atom. The van der Waals surface area contributed by atoms with Gasteiger partial charge in [-0.2, -0.15) is 0 Å². The van der Waals surface area contributed by atoms with Gasteiger partial charge < -0.3 is 27.0 Å². The molecule has 2 heterocycles. The summed E-state index contributed by atoms with van der Waals surface area (Å²) in [7, 11) is 1.68. The molecule has 1 atom stereocenters. The molecule has 2 aromatic rings. The Morgan fingerprint density at radius 1 is 1.16 bits per heavy atom. The number of nitrogens with one attached hydrogen (secondary N) is 4. The number of hydrogen-bond acceptors (Lipinski definition) is 8. The first-order valence-corrected chi connectivity index (χ1v) is 10.8. The second-order valence-corrected chi connectivity index (χ2v) is 8.12. The molecule has 2 amide bonds. The average Bonchev–Trinajstić information content (AvgIpc) is 3.61. The van der Waals surface area contributed by atoms with E-state index in [0.717, 1.165) is 37.8 Å². The van der Waals surface area contributed by atoms with Crippen molar-refractivity contribution >= 4 is 23.2 Å². The van der Waals surface area contributed by atoms with Gasteiger partial charge in [-0.25, -0.2) is 15.0 Å². The van der Waals surface area contributed by atoms with Crippen LogP contribution in [0.2, 0.25) is 0 Å². The van der Waals surface area contributed by atoms with Crippen molar-refractivity contribution in [1.29, 1.82) is 0 Å². The fourth-order valence-corrected chi connectivity index (χ4v) is 3.41. The maximum Gasteiger partial charge on any atom is 0.276 e. The number of nitrogens with zero attached hydrogens (tertiary/aromatic N) is 3. The summed E-state index contributed by atoms with van der Waals surface area (Å²) >= 11 is 0. The molecule has 2 aliphatic rings. The molecule has 10 nitrogen and oxygen atoms in total. The number of carbonyl (C=O) groups excluding carboxylic acids is 2. The number of carbonyl (C=O) groups is 2. The van der Waals surface area contributed by atoms with Crippen LogP contribution in [-0.2, 0) is 4.79 Å². The van der Waals surface area contributed by atoms with Gasteiger partial charge in [0, 0.05) is 30.9 Å². The molecule has 0 saturated heterocycles. The minimum absolute atomic E-state index is 0.154. The Kier molecular flexibility index (Phi) is 6.60. The lowest BCUT2D eigenvalue weighted by atomic mass is 9.93. The van der Waals surface area contributed by atoms with E-state index in [1.807, 2.05) is 12.1 Å². The molecule has 0 aromatic carbocycles. The lowest BCUT2D eigenvalue weighted by Crippen LogP contribution is -2.51. The van der Waals surface area contributed by atoms with Crippen LogP contribution in [0.4, 0.5) is 11.4 Å². The molecule has 10 heteroatoms. The molecule has 1 unspecified atom stereocenters. The van der Waals surface area contributed by atoms with Crippen LogP contribution in [0.15, 0.2) is 42.8 Å². The minimum atomic E-state index is -1.02. The number of hydrogen-bond donors (Lipinski definition) is 5. The van der Waals surface area contributed by atoms with Gasteiger partial charge in [0.2, 0.25) is 5.91 Å². The van der Waals surface area contributed by atoms with E-state index in [1.165, 1.54) is 12.5 Å². The third-order valence-corrected chi connectivity index (χ3v) is 5.59. The zero-order valence-corrected chi connectivity index (χ0v) is 18.0. The van der Waals surface area contributed by atoms with E-state index in [0.29, 0.717) is 17.3 Å². The molecule has 4 rings (SSSR count). The van der Waals surface area contributed by atoms with Crippen molar-refractivity contribution in [2.24, 2.45) is 5.73 Å². The monoisotopic (exact) mass is 436 g/mol. The number of aromatic nitrogens is 3. The highest BCUT2D eigenvalue weighted by atomic mass is 16.2. The maximum absolute atomic E-state index is 13.3. The van der Waals surface area contributed by atoms with Gasteiger partial charge in [0.25, 0.3) is 5.91 Å². The standard InChI is InChI=1S/C22H28N8O2/c1-24-11-18(19(23)21(31)28-14-3-2-4-14)30-22(32)20-17(27-15-9-25-12-26-10-15)8-7-16(29-20)13-5-6-13/h7-14,19,24,27H,2-6,23H2,1H3,(H,28,31)(H,30,32)/b18-11+. The Morgan fingerprint density at radius 3 is 2.53 bits per heavy atom. The van der Waals surface area contributed by atoms with Crippen molar-refractivity contribution < 1.29 is 9.59 Å². The second-order valence-electron chi connectivity index (χ2n) is 8.12. The third-order valence-electron chi connectivity index (χ3n) is 5.59. The van der Waals surface area contributed by atoms with E-state index in [4.69, 9.17) is 5.73 Å². The van der Waals surface area contributed by atoms with Crippen LogP contribution < -0.4 is 27.0 Å². The van der Waals surface area contributed by atoms with Crippen LogP contribution in [0.25, 0.3) is 0 Å². The predicted molar refractivity (Wildman–Crippen MR) is 120 cm³/mol. The maximum atomic E-state index is 13.3. The molecule has 2 aliphatic carbocycles. The average molecular weight is 437 g/mol. The molecule has 32 heavy (non-hydrogen) atoms. The quantitative estimate of drug-likeness (QED) is 0.395. The van der Waals surface area contributed by atoms with Crippen LogP contribution in [0.3, 0.4) is 0 Å². The van der Waals surface area contributed by atoms with Gasteiger partial charge in [-0.15, -0.1) is 0 Å². The predicted octanol–water partition coefficient (Wildman–Crippen LogP) is 1.28. The number of pyridine rings is 1. The first kappa shape index (κ1) is 21.7. The Hall–Kier alpha value is -3.53. The van der Waals surface area contributed by atoms with Gasteiger partial charge in [0.15, 0.2) is 5.69 Å². The van der Waals surface area contributed by atoms with Crippen molar-refractivity contribution in [3.8, 4) is 0 Å². The molecule has 0 aliphatic heterocycles. The molecule has 0 spiro atoms. The fraction of sp³-hybridized carbons (Fsp3) is 0.409. The van der Waals surface area contributed by atoms with Gasteiger partial charge in [-0.1, -0.05) is 0 Å². The van der Waals surface area contributed by atoms with Crippen LogP contribution in [0.1, 0.15) is 54.2 Å². The van der Waals surface area contributed by atoms with E-state index in [2.05, 4.69) is 36.2 Å². The Balaban J connectivity index is 1.54. The summed E-state index contributed by atoms with van der Waals surface area (Å²) in [5, 5.41) is 11.7. The van der Waals surface area contributed by atoms with E-state index < -0.39 is 11.9 Å². The van der Waals surface area contributed by atoms with Crippen LogP contribution in [0.5, 0.6) is 0 Å². The first-order valence-electron chi connectivity index (χ1n) is 10.8. The number of anilines is 2. The largest absolute Gasteiger partial charge is 0.393 e. The minimum Gasteiger partial charge on any atom is -0.393 e. The normalized spacial score (nSPS) is 17.1. The number of amides is 2. The molecule has 2 aromatic heterocycles. The highest BCUT2D eigenvalue weighted by molar-refractivity contribution is 6.00. The highest BCUT2D eigenvalue weighted by Gasteiger charge is 2.29. The third kappa shape index (κ3) is 5.20. The van der Waals surface area contributed by atoms with Gasteiger partial charge in [0.05, 0.1) is 29.5 Å². The van der Waals surface area contributed by atoms with E-state index in [1.54, 1.807) is 19.4 Å². The SMILES string of the molecule is CN/C=C(/NC(=O)c1nc(C2CC2)ccc1Nc1cncnc1)C(N)C(=O)NC1CCC1. The summed E-state index contributed by atoms with van der Waals surface area (Å²) in [6, 6.07) is 2.88. The first-order chi connectivity index (χ1) is 15.5. The topological polar surface area (TPSA) is 147 Å². The van der Waals surface area contributed by atoms with Gasteiger partial charge in [-0.3, -0.25) is 9.59 Å². The fourth-order valence-electron chi connectivity index (χ4n) is 3.41. The van der Waals surface area contributed by atoms with Crippen LogP contribution in [-0.4, -0.2) is 45.9 Å². The number of rotatable bonds is 9. The lowest BCUT2D eigenvalue weighted by Gasteiger charge is -2.28. The van der Waals surface area contributed by atoms with Crippen molar-refractivity contribution in [3.63, 3.8) is 0 Å². The van der Waals surface area contributed by atoms with Crippen LogP contribution in [0, 0.1) is 0 Å². The summed E-state index contributed by atoms with van der Waals surface area (Å²) < 4.78 is 0. The zero-order valence-electron chi connectivity index (χ0n) is 18.0. The van der Waals surface area contributed by atoms with Gasteiger partial charge in [0.1, 0.15) is 12.4 Å². The molecule has 6 N–H and O–H groups in total. The number of nitrogens with two attached hydrogens (primary N) is 1. The summed E-state index contributed by atoms with van der Waals surface area (Å²) in [5.74, 6) is -0.408. The smallest absolute Gasteiger partial charge is 0.276 e. The molecular formula is C22H28N8O2. The van der Waals surface area contributed by atoms with Crippen molar-refractivity contribution in [2.75, 3.05) is 12.4 Å². The summed E-state index contributed by atoms with van der Waals surface area (Å²) in [4.78, 5) is 38.4. The lowest BCUT2D eigenvalue weighted by molar-refractivity contribution is -0.122. The second kappa shape index (κ2) is 9.73. The molecular weight excluding hydrogens is 408 g/mol. The highest BCUT2D eigenvalue weighted by Crippen LogP contribution is 2.39. The Labute approximate surface area is 186 Å². The molecule has 2 saturated carbocycles. The van der Waals surface area contributed by atoms with Crippen LogP contribution >= 0.6 is 0 Å². The molecule has 0 bridgehead atoms. The summed E-state index contributed by atoms with van der Waals surface area (Å²) in [6.07, 6.45) is 11.3. The summed E-state index contributed by atoms with van der Waals surface area (Å²) in [6.45, 7) is 0. The van der Waals surface area contributed by atoms with Crippen molar-refractivity contribution in [1.82, 2.24) is 30.9 Å².